The van der Waals surface area contributed by atoms with Crippen LogP contribution in [0.2, 0.25) is 5.02 Å². The fraction of sp³-hybridized carbons (Fsp3) is 0.304. The van der Waals surface area contributed by atoms with Crippen LogP contribution in [0.4, 0.5) is 10.5 Å². The van der Waals surface area contributed by atoms with Crippen LogP contribution in [0.25, 0.3) is 0 Å². The lowest BCUT2D eigenvalue weighted by Gasteiger charge is -2.31. The van der Waals surface area contributed by atoms with Gasteiger partial charge in [-0.3, -0.25) is 4.79 Å². The number of hydrogen-bond donors (Lipinski definition) is 4. The molecule has 0 aromatic heterocycles. The van der Waals surface area contributed by atoms with Gasteiger partial charge in [0.15, 0.2) is 11.5 Å². The molecule has 0 radical (unpaired) electrons. The summed E-state index contributed by atoms with van der Waals surface area (Å²) < 4.78 is 16.4. The molecule has 2 aliphatic rings. The molecule has 0 saturated carbocycles. The van der Waals surface area contributed by atoms with Crippen LogP contribution in [0.3, 0.4) is 0 Å². The highest BCUT2D eigenvalue weighted by Gasteiger charge is 2.29. The normalized spacial score (nSPS) is 20.8. The van der Waals surface area contributed by atoms with Gasteiger partial charge in [0, 0.05) is 23.3 Å². The van der Waals surface area contributed by atoms with Crippen molar-refractivity contribution in [1.82, 2.24) is 10.6 Å². The average molecular weight is 474 g/mol. The lowest BCUT2D eigenvalue weighted by molar-refractivity contribution is -0.125. The minimum atomic E-state index is -0.688. The van der Waals surface area contributed by atoms with Crippen LogP contribution in [0, 0.1) is 0 Å². The first-order valence-electron chi connectivity index (χ1n) is 10.4. The first kappa shape index (κ1) is 22.9. The molecule has 0 saturated heterocycles. The van der Waals surface area contributed by atoms with E-state index < -0.39 is 24.3 Å². The number of urea groups is 1. The molecule has 2 aliphatic heterocycles. The monoisotopic (exact) mass is 473 g/mol. The van der Waals surface area contributed by atoms with Gasteiger partial charge in [0.2, 0.25) is 12.7 Å². The highest BCUT2D eigenvalue weighted by molar-refractivity contribution is 6.30. The van der Waals surface area contributed by atoms with Crippen molar-refractivity contribution in [1.29, 1.82) is 0 Å². The molecule has 33 heavy (non-hydrogen) atoms. The van der Waals surface area contributed by atoms with Crippen LogP contribution >= 0.6 is 11.6 Å². The number of anilines is 1. The van der Waals surface area contributed by atoms with Gasteiger partial charge in [0.05, 0.1) is 25.2 Å². The summed E-state index contributed by atoms with van der Waals surface area (Å²) in [4.78, 5) is 24.7. The number of fused-ring (bicyclic) bond motifs is 1. The number of nitrogens with one attached hydrogen (secondary N) is 3. The Morgan fingerprint density at radius 3 is 2.64 bits per heavy atom. The molecule has 3 amide bonds. The number of amides is 3. The van der Waals surface area contributed by atoms with Gasteiger partial charge in [-0.05, 0) is 29.8 Å². The summed E-state index contributed by atoms with van der Waals surface area (Å²) in [7, 11) is 0. The van der Waals surface area contributed by atoms with Crippen molar-refractivity contribution in [2.75, 3.05) is 18.7 Å². The maximum atomic E-state index is 12.4. The van der Waals surface area contributed by atoms with E-state index in [4.69, 9.17) is 25.8 Å². The van der Waals surface area contributed by atoms with E-state index in [1.165, 1.54) is 0 Å². The molecule has 3 atom stereocenters. The maximum Gasteiger partial charge on any atom is 0.319 e. The summed E-state index contributed by atoms with van der Waals surface area (Å²) in [5, 5.41) is 18.7. The van der Waals surface area contributed by atoms with Crippen molar-refractivity contribution >= 4 is 29.2 Å². The summed E-state index contributed by atoms with van der Waals surface area (Å²) in [5.74, 6) is 0.982. The van der Waals surface area contributed by atoms with Gasteiger partial charge < -0.3 is 35.3 Å². The van der Waals surface area contributed by atoms with E-state index in [2.05, 4.69) is 16.0 Å². The predicted molar refractivity (Wildman–Crippen MR) is 121 cm³/mol. The Labute approximate surface area is 195 Å². The van der Waals surface area contributed by atoms with Crippen LogP contribution in [0.1, 0.15) is 12.0 Å². The van der Waals surface area contributed by atoms with Crippen LogP contribution in [0.5, 0.6) is 11.5 Å². The van der Waals surface area contributed by atoms with Crippen molar-refractivity contribution in [3.05, 3.63) is 65.2 Å². The topological polar surface area (TPSA) is 118 Å². The quantitative estimate of drug-likeness (QED) is 0.459. The smallest absolute Gasteiger partial charge is 0.319 e. The van der Waals surface area contributed by atoms with Gasteiger partial charge in [-0.15, -0.1) is 0 Å². The largest absolute Gasteiger partial charge is 0.454 e. The van der Waals surface area contributed by atoms with Crippen LogP contribution < -0.4 is 25.4 Å². The number of hydrogen-bond acceptors (Lipinski definition) is 6. The zero-order chi connectivity index (χ0) is 23.2. The fourth-order valence-corrected chi connectivity index (χ4v) is 3.61. The second-order valence-electron chi connectivity index (χ2n) is 7.58. The van der Waals surface area contributed by atoms with E-state index >= 15 is 0 Å². The first-order valence-corrected chi connectivity index (χ1v) is 10.8. The molecule has 4 N–H and O–H groups in total. The second kappa shape index (κ2) is 10.6. The number of halogens is 1. The van der Waals surface area contributed by atoms with Gasteiger partial charge in [-0.25, -0.2) is 4.79 Å². The van der Waals surface area contributed by atoms with E-state index in [1.54, 1.807) is 42.5 Å². The average Bonchev–Trinajstić information content (AvgIpc) is 3.27. The van der Waals surface area contributed by atoms with Crippen molar-refractivity contribution in [2.45, 2.75) is 31.2 Å². The van der Waals surface area contributed by atoms with E-state index in [9.17, 15) is 14.7 Å². The molecule has 174 valence electrons. The SMILES string of the molecule is O=C(C[C@H]1C=C[C@@H](NC(=O)Nc2ccc3c(c2)OCO3)[C@@H](CO)O1)NCc1ccc(Cl)cc1. The Balaban J connectivity index is 1.26. The molecule has 2 aromatic carbocycles. The predicted octanol–water partition coefficient (Wildman–Crippen LogP) is 2.58. The minimum Gasteiger partial charge on any atom is -0.454 e. The molecular formula is C23H24ClN3O6. The molecule has 0 aliphatic carbocycles. The van der Waals surface area contributed by atoms with E-state index in [1.807, 2.05) is 12.1 Å². The molecular weight excluding hydrogens is 450 g/mol. The van der Waals surface area contributed by atoms with E-state index in [0.29, 0.717) is 28.8 Å². The van der Waals surface area contributed by atoms with Crippen molar-refractivity contribution in [2.24, 2.45) is 0 Å². The lowest BCUT2D eigenvalue weighted by atomic mass is 10.0. The van der Waals surface area contributed by atoms with Crippen molar-refractivity contribution < 1.29 is 28.9 Å². The minimum absolute atomic E-state index is 0.0940. The van der Waals surface area contributed by atoms with Crippen LogP contribution in [0.15, 0.2) is 54.6 Å². The number of benzene rings is 2. The number of carbonyl (C=O) groups is 2. The van der Waals surface area contributed by atoms with E-state index in [0.717, 1.165) is 5.56 Å². The Hall–Kier alpha value is -3.27. The Morgan fingerprint density at radius 1 is 1.06 bits per heavy atom. The Kier molecular flexibility index (Phi) is 7.33. The van der Waals surface area contributed by atoms with Gasteiger partial charge >= 0.3 is 6.03 Å². The molecule has 0 unspecified atom stereocenters. The zero-order valence-corrected chi connectivity index (χ0v) is 18.4. The molecule has 2 heterocycles. The molecule has 0 fully saturated rings. The van der Waals surface area contributed by atoms with Gasteiger partial charge in [-0.1, -0.05) is 35.9 Å². The standard InChI is InChI=1S/C23H24ClN3O6/c24-15-3-1-14(2-4-15)11-25-22(29)10-17-6-7-18(21(12-28)33-17)27-23(30)26-16-5-8-19-20(9-16)32-13-31-19/h1-9,17-18,21,28H,10-13H2,(H,25,29)(H2,26,27,30)/t17-,18-,21-/m1/s1. The maximum absolute atomic E-state index is 12.4. The molecule has 2 aromatic rings. The molecule has 4 rings (SSSR count). The third-order valence-corrected chi connectivity index (χ3v) is 5.43. The third-order valence-electron chi connectivity index (χ3n) is 5.18. The van der Waals surface area contributed by atoms with E-state index in [-0.39, 0.29) is 25.7 Å². The molecule has 0 bridgehead atoms. The third kappa shape index (κ3) is 6.16. The first-order chi connectivity index (χ1) is 16.0. The zero-order valence-electron chi connectivity index (χ0n) is 17.6. The summed E-state index contributed by atoms with van der Waals surface area (Å²) in [6.45, 7) is 0.204. The number of aliphatic hydroxyl groups is 1. The highest BCUT2D eigenvalue weighted by atomic mass is 35.5. The highest BCUT2D eigenvalue weighted by Crippen LogP contribution is 2.34. The Bertz CT molecular complexity index is 1030. The molecule has 9 nitrogen and oxygen atoms in total. The fourth-order valence-electron chi connectivity index (χ4n) is 3.49. The summed E-state index contributed by atoms with van der Waals surface area (Å²) in [5.41, 5.74) is 1.46. The number of rotatable bonds is 7. The van der Waals surface area contributed by atoms with Crippen LogP contribution in [-0.4, -0.2) is 48.7 Å². The number of carbonyl (C=O) groups excluding carboxylic acids is 2. The number of ether oxygens (including phenoxy) is 3. The van der Waals surface area contributed by atoms with Gasteiger partial charge in [-0.2, -0.15) is 0 Å². The van der Waals surface area contributed by atoms with Gasteiger partial charge in [0.1, 0.15) is 6.10 Å². The molecule has 10 heteroatoms. The van der Waals surface area contributed by atoms with Crippen molar-refractivity contribution in [3.63, 3.8) is 0 Å². The van der Waals surface area contributed by atoms with Crippen molar-refractivity contribution in [3.8, 4) is 11.5 Å². The summed E-state index contributed by atoms with van der Waals surface area (Å²) in [6.07, 6.45) is 2.32. The van der Waals surface area contributed by atoms with Gasteiger partial charge in [0.25, 0.3) is 0 Å². The number of aliphatic hydroxyl groups excluding tert-OH is 1. The Morgan fingerprint density at radius 2 is 1.85 bits per heavy atom. The summed E-state index contributed by atoms with van der Waals surface area (Å²) in [6, 6.07) is 11.2. The lowest BCUT2D eigenvalue weighted by Crippen LogP contribution is -2.50. The van der Waals surface area contributed by atoms with Crippen LogP contribution in [-0.2, 0) is 16.1 Å². The summed E-state index contributed by atoms with van der Waals surface area (Å²) >= 11 is 5.86. The molecule has 0 spiro atoms. The second-order valence-corrected chi connectivity index (χ2v) is 8.02.